The van der Waals surface area contributed by atoms with E-state index in [0.717, 1.165) is 12.5 Å². The molecule has 1 aromatic rings. The van der Waals surface area contributed by atoms with E-state index in [1.165, 1.54) is 11.1 Å². The second-order valence-electron chi connectivity index (χ2n) is 6.87. The molecule has 104 valence electrons. The molecule has 0 amide bonds. The second-order valence-corrected chi connectivity index (χ2v) is 14.5. The molecular formula is C14H21NO2SSi. The average Bonchev–Trinajstić information content (AvgIpc) is 2.92. The number of fused-ring (bicyclic) bond motifs is 3. The molecule has 1 unspecified atom stereocenters. The second kappa shape index (κ2) is 4.17. The molecule has 0 radical (unpaired) electrons. The summed E-state index contributed by atoms with van der Waals surface area (Å²) in [7, 11) is -4.35. The molecule has 1 heterocycles. The zero-order valence-corrected chi connectivity index (χ0v) is 13.6. The molecule has 1 saturated heterocycles. The highest BCUT2D eigenvalue weighted by atomic mass is 32.2. The highest BCUT2D eigenvalue weighted by Crippen LogP contribution is 2.53. The third-order valence-corrected chi connectivity index (χ3v) is 8.08. The van der Waals surface area contributed by atoms with Crippen molar-refractivity contribution in [3.8, 4) is 0 Å². The molecule has 0 N–H and O–H groups in total. The van der Waals surface area contributed by atoms with Gasteiger partial charge in [0.15, 0.2) is 0 Å². The van der Waals surface area contributed by atoms with Crippen molar-refractivity contribution in [1.29, 1.82) is 0 Å². The molecule has 0 spiro atoms. The zero-order valence-electron chi connectivity index (χ0n) is 11.8. The Hall–Kier alpha value is -0.653. The van der Waals surface area contributed by atoms with Gasteiger partial charge in [0.1, 0.15) is 0 Å². The Kier molecular flexibility index (Phi) is 2.93. The van der Waals surface area contributed by atoms with E-state index in [1.54, 1.807) is 4.31 Å². The summed E-state index contributed by atoms with van der Waals surface area (Å²) in [6, 6.07) is 9.45. The van der Waals surface area contributed by atoms with Crippen molar-refractivity contribution in [2.45, 2.75) is 44.2 Å². The Balaban J connectivity index is 1.74. The topological polar surface area (TPSA) is 37.1 Å². The molecule has 1 aliphatic carbocycles. The number of hydrogen-bond acceptors (Lipinski definition) is 2. The number of hydrogen-bond donors (Lipinski definition) is 0. The van der Waals surface area contributed by atoms with E-state index < -0.39 is 18.1 Å². The molecule has 1 fully saturated rings. The molecule has 2 aliphatic rings. The predicted octanol–water partition coefficient (Wildman–Crippen LogP) is 2.64. The number of sulfonamides is 1. The van der Waals surface area contributed by atoms with Crippen LogP contribution in [0.1, 0.15) is 17.2 Å². The lowest BCUT2D eigenvalue weighted by atomic mass is 10.1. The quantitative estimate of drug-likeness (QED) is 0.632. The van der Waals surface area contributed by atoms with Crippen LogP contribution in [0.4, 0.5) is 0 Å². The first kappa shape index (κ1) is 13.3. The molecule has 3 rings (SSSR count). The van der Waals surface area contributed by atoms with Gasteiger partial charge in [-0.1, -0.05) is 43.9 Å². The fraction of sp³-hybridized carbons (Fsp3) is 0.571. The smallest absolute Gasteiger partial charge is 0.212 e. The van der Waals surface area contributed by atoms with Crippen LogP contribution in [0.25, 0.3) is 0 Å². The van der Waals surface area contributed by atoms with Crippen molar-refractivity contribution in [3.63, 3.8) is 0 Å². The van der Waals surface area contributed by atoms with Crippen LogP contribution in [0.15, 0.2) is 24.3 Å². The van der Waals surface area contributed by atoms with Crippen LogP contribution in [0.2, 0.25) is 25.7 Å². The third-order valence-electron chi connectivity index (χ3n) is 4.11. The van der Waals surface area contributed by atoms with E-state index in [0.29, 0.717) is 5.75 Å². The van der Waals surface area contributed by atoms with Crippen LogP contribution in [0, 0.1) is 0 Å². The minimum atomic E-state index is -3.05. The number of nitrogens with zero attached hydrogens (tertiary/aromatic N) is 1. The predicted molar refractivity (Wildman–Crippen MR) is 80.5 cm³/mol. The average molecular weight is 295 g/mol. The minimum absolute atomic E-state index is 0.142. The van der Waals surface area contributed by atoms with Gasteiger partial charge in [-0.15, -0.1) is 0 Å². The van der Waals surface area contributed by atoms with Gasteiger partial charge in [-0.3, -0.25) is 0 Å². The van der Waals surface area contributed by atoms with Gasteiger partial charge in [0, 0.05) is 8.07 Å². The van der Waals surface area contributed by atoms with Crippen molar-refractivity contribution in [1.82, 2.24) is 4.31 Å². The van der Waals surface area contributed by atoms with Gasteiger partial charge < -0.3 is 0 Å². The summed E-state index contributed by atoms with van der Waals surface area (Å²) >= 11 is 0. The first-order valence-electron chi connectivity index (χ1n) is 6.89. The van der Waals surface area contributed by atoms with Crippen molar-refractivity contribution in [3.05, 3.63) is 35.4 Å². The maximum atomic E-state index is 12.4. The van der Waals surface area contributed by atoms with Crippen molar-refractivity contribution >= 4 is 18.1 Å². The first-order chi connectivity index (χ1) is 8.80. The largest absolute Gasteiger partial charge is 0.214 e. The lowest BCUT2D eigenvalue weighted by Gasteiger charge is -2.17. The molecule has 0 bridgehead atoms. The summed E-state index contributed by atoms with van der Waals surface area (Å²) in [5, 5.41) is 0. The van der Waals surface area contributed by atoms with Crippen LogP contribution in [-0.2, 0) is 16.4 Å². The van der Waals surface area contributed by atoms with E-state index in [1.807, 2.05) is 12.1 Å². The maximum Gasteiger partial charge on any atom is 0.214 e. The molecule has 0 aromatic heterocycles. The normalized spacial score (nSPS) is 28.9. The summed E-state index contributed by atoms with van der Waals surface area (Å²) in [5.41, 5.74) is 2.55. The molecule has 5 heteroatoms. The summed E-state index contributed by atoms with van der Waals surface area (Å²) in [6.45, 7) is 6.67. The number of rotatable bonds is 4. The third kappa shape index (κ3) is 2.39. The maximum absolute atomic E-state index is 12.4. The molecule has 1 aliphatic heterocycles. The molecule has 19 heavy (non-hydrogen) atoms. The van der Waals surface area contributed by atoms with Gasteiger partial charge in [-0.25, -0.2) is 8.42 Å². The summed E-state index contributed by atoms with van der Waals surface area (Å²) < 4.78 is 26.6. The fourth-order valence-electron chi connectivity index (χ4n) is 2.96. The Labute approximate surface area is 116 Å². The highest BCUT2D eigenvalue weighted by Gasteiger charge is 2.59. The Morgan fingerprint density at radius 1 is 1.26 bits per heavy atom. The first-order valence-corrected chi connectivity index (χ1v) is 12.2. The molecule has 3 atom stereocenters. The van der Waals surface area contributed by atoms with Crippen molar-refractivity contribution in [2.24, 2.45) is 0 Å². The van der Waals surface area contributed by atoms with Gasteiger partial charge >= 0.3 is 0 Å². The van der Waals surface area contributed by atoms with E-state index >= 15 is 0 Å². The lowest BCUT2D eigenvalue weighted by Crippen LogP contribution is -2.28. The SMILES string of the molecule is C[Si](C)(C)CCS(=O)(=O)N1[C@@H]2Cc3ccccc3[C@@H]21. The van der Waals surface area contributed by atoms with Crippen molar-refractivity contribution in [2.75, 3.05) is 5.75 Å². The summed E-state index contributed by atoms with van der Waals surface area (Å²) in [6.07, 6.45) is 0.896. The van der Waals surface area contributed by atoms with E-state index in [-0.39, 0.29) is 12.1 Å². The highest BCUT2D eigenvalue weighted by molar-refractivity contribution is 7.89. The van der Waals surface area contributed by atoms with Crippen LogP contribution >= 0.6 is 0 Å². The standard InChI is InChI=1S/C14H21NO2SSi/c1-19(2,3)9-8-18(16,17)15-13-10-11-6-4-5-7-12(11)14(13)15/h4-7,13-14H,8-10H2,1-3H3/t13-,14+,15?/m1/s1. The molecule has 3 nitrogen and oxygen atoms in total. The molecular weight excluding hydrogens is 274 g/mol. The van der Waals surface area contributed by atoms with E-state index in [2.05, 4.69) is 31.8 Å². The Morgan fingerprint density at radius 2 is 1.95 bits per heavy atom. The van der Waals surface area contributed by atoms with Gasteiger partial charge in [0.05, 0.1) is 17.8 Å². The lowest BCUT2D eigenvalue weighted by molar-refractivity contribution is 0.542. The van der Waals surface area contributed by atoms with Gasteiger partial charge in [0.25, 0.3) is 0 Å². The van der Waals surface area contributed by atoms with Gasteiger partial charge in [0.2, 0.25) is 10.0 Å². The molecule has 1 aromatic carbocycles. The summed E-state index contributed by atoms with van der Waals surface area (Å²) in [4.78, 5) is 0. The monoisotopic (exact) mass is 295 g/mol. The van der Waals surface area contributed by atoms with Crippen LogP contribution in [-0.4, -0.2) is 32.6 Å². The zero-order chi connectivity index (χ0) is 13.8. The van der Waals surface area contributed by atoms with Crippen molar-refractivity contribution < 1.29 is 8.42 Å². The van der Waals surface area contributed by atoms with E-state index in [4.69, 9.17) is 0 Å². The molecule has 0 saturated carbocycles. The summed E-state index contributed by atoms with van der Waals surface area (Å²) in [5.74, 6) is 0.331. The Morgan fingerprint density at radius 3 is 2.63 bits per heavy atom. The Bertz CT molecular complexity index is 606. The number of benzene rings is 1. The van der Waals surface area contributed by atoms with Crippen LogP contribution < -0.4 is 0 Å². The fourth-order valence-corrected chi connectivity index (χ4v) is 7.80. The van der Waals surface area contributed by atoms with Gasteiger partial charge in [-0.05, 0) is 23.6 Å². The minimum Gasteiger partial charge on any atom is -0.212 e. The van der Waals surface area contributed by atoms with E-state index in [9.17, 15) is 8.42 Å². The van der Waals surface area contributed by atoms with Crippen LogP contribution in [0.5, 0.6) is 0 Å². The van der Waals surface area contributed by atoms with Gasteiger partial charge in [-0.2, -0.15) is 4.31 Å². The van der Waals surface area contributed by atoms with Crippen LogP contribution in [0.3, 0.4) is 0 Å².